The molecule has 0 aromatic carbocycles. The van der Waals surface area contributed by atoms with Crippen molar-refractivity contribution in [2.45, 2.75) is 51.9 Å². The molecule has 6 nitrogen and oxygen atoms in total. The fourth-order valence-electron chi connectivity index (χ4n) is 2.73. The number of rotatable bonds is 7. The highest BCUT2D eigenvalue weighted by atomic mass is 16.4. The van der Waals surface area contributed by atoms with Gasteiger partial charge in [0.2, 0.25) is 0 Å². The van der Waals surface area contributed by atoms with Crippen molar-refractivity contribution < 1.29 is 23.9 Å². The summed E-state index contributed by atoms with van der Waals surface area (Å²) in [5.74, 6) is -0.204. The number of aryl methyl sites for hydroxylation is 1. The van der Waals surface area contributed by atoms with E-state index in [1.54, 1.807) is 6.92 Å². The Bertz CT molecular complexity index is 588. The summed E-state index contributed by atoms with van der Waals surface area (Å²) in [6.45, 7) is 2.21. The average molecular weight is 307 g/mol. The van der Waals surface area contributed by atoms with E-state index in [1.807, 2.05) is 0 Å². The topological polar surface area (TPSA) is 96.6 Å². The van der Waals surface area contributed by atoms with Gasteiger partial charge in [-0.05, 0) is 26.2 Å². The molecule has 1 aliphatic rings. The molecule has 0 aliphatic heterocycles. The number of carbonyl (C=O) groups is 3. The zero-order valence-corrected chi connectivity index (χ0v) is 12.7. The summed E-state index contributed by atoms with van der Waals surface area (Å²) in [5, 5.41) is 11.3. The number of Topliss-reactive ketones (excluding diaryl/α,β-unsaturated/α-hetero) is 1. The normalized spacial score (nSPS) is 13.8. The Labute approximate surface area is 128 Å². The zero-order valence-electron chi connectivity index (χ0n) is 12.7. The van der Waals surface area contributed by atoms with Crippen molar-refractivity contribution in [3.05, 3.63) is 22.6 Å². The SMILES string of the molecule is Cc1c(C(=O)NCCCCCC(=O)O)oc2c1C(=O)CCC2. The van der Waals surface area contributed by atoms with Gasteiger partial charge in [0.15, 0.2) is 11.5 Å². The number of aliphatic carboxylic acids is 1. The summed E-state index contributed by atoms with van der Waals surface area (Å²) in [5.41, 5.74) is 1.21. The van der Waals surface area contributed by atoms with E-state index < -0.39 is 5.97 Å². The molecule has 0 unspecified atom stereocenters. The first-order chi connectivity index (χ1) is 10.5. The van der Waals surface area contributed by atoms with E-state index in [9.17, 15) is 14.4 Å². The van der Waals surface area contributed by atoms with Crippen LogP contribution in [0.2, 0.25) is 0 Å². The van der Waals surface area contributed by atoms with Crippen LogP contribution in [0.1, 0.15) is 70.8 Å². The Morgan fingerprint density at radius 1 is 1.23 bits per heavy atom. The first kappa shape index (κ1) is 16.3. The second-order valence-electron chi connectivity index (χ2n) is 5.59. The molecular formula is C16H21NO5. The highest BCUT2D eigenvalue weighted by molar-refractivity contribution is 6.03. The third-order valence-electron chi connectivity index (χ3n) is 3.87. The van der Waals surface area contributed by atoms with Gasteiger partial charge in [0.05, 0.1) is 5.56 Å². The van der Waals surface area contributed by atoms with Crippen LogP contribution >= 0.6 is 0 Å². The molecule has 0 fully saturated rings. The van der Waals surface area contributed by atoms with Crippen LogP contribution < -0.4 is 5.32 Å². The van der Waals surface area contributed by atoms with E-state index in [1.165, 1.54) is 0 Å². The van der Waals surface area contributed by atoms with Gasteiger partial charge in [-0.2, -0.15) is 0 Å². The Morgan fingerprint density at radius 2 is 2.00 bits per heavy atom. The van der Waals surface area contributed by atoms with Gasteiger partial charge < -0.3 is 14.8 Å². The molecule has 2 rings (SSSR count). The smallest absolute Gasteiger partial charge is 0.303 e. The van der Waals surface area contributed by atoms with E-state index in [0.717, 1.165) is 19.3 Å². The van der Waals surface area contributed by atoms with Gasteiger partial charge in [-0.25, -0.2) is 0 Å². The minimum atomic E-state index is -0.800. The minimum absolute atomic E-state index is 0.0511. The van der Waals surface area contributed by atoms with Crippen LogP contribution in [-0.4, -0.2) is 29.3 Å². The molecule has 0 bridgehead atoms. The lowest BCUT2D eigenvalue weighted by Crippen LogP contribution is -2.24. The van der Waals surface area contributed by atoms with E-state index in [4.69, 9.17) is 9.52 Å². The van der Waals surface area contributed by atoms with Crippen molar-refractivity contribution in [2.24, 2.45) is 0 Å². The minimum Gasteiger partial charge on any atom is -0.481 e. The van der Waals surface area contributed by atoms with E-state index in [0.29, 0.717) is 42.7 Å². The molecule has 120 valence electrons. The fraction of sp³-hybridized carbons (Fsp3) is 0.562. The van der Waals surface area contributed by atoms with Crippen LogP contribution in [0.15, 0.2) is 4.42 Å². The zero-order chi connectivity index (χ0) is 16.1. The Balaban J connectivity index is 1.86. The van der Waals surface area contributed by atoms with E-state index in [2.05, 4.69) is 5.32 Å². The van der Waals surface area contributed by atoms with Crippen molar-refractivity contribution in [2.75, 3.05) is 6.54 Å². The third kappa shape index (κ3) is 3.75. The molecule has 0 radical (unpaired) electrons. The summed E-state index contributed by atoms with van der Waals surface area (Å²) < 4.78 is 5.57. The van der Waals surface area contributed by atoms with Gasteiger partial charge in [-0.15, -0.1) is 0 Å². The summed E-state index contributed by atoms with van der Waals surface area (Å²) in [6, 6.07) is 0. The van der Waals surface area contributed by atoms with Crippen molar-refractivity contribution in [1.29, 1.82) is 0 Å². The summed E-state index contributed by atoms with van der Waals surface area (Å²) in [6.07, 6.45) is 4.20. The molecule has 1 aliphatic carbocycles. The molecule has 1 amide bonds. The van der Waals surface area contributed by atoms with Crippen molar-refractivity contribution in [1.82, 2.24) is 5.32 Å². The van der Waals surface area contributed by atoms with Gasteiger partial charge in [0.1, 0.15) is 5.76 Å². The maximum Gasteiger partial charge on any atom is 0.303 e. The van der Waals surface area contributed by atoms with Crippen LogP contribution in [0.25, 0.3) is 0 Å². The Kier molecular flexibility index (Phi) is 5.35. The molecular weight excluding hydrogens is 286 g/mol. The second-order valence-corrected chi connectivity index (χ2v) is 5.59. The van der Waals surface area contributed by atoms with Crippen molar-refractivity contribution in [3.63, 3.8) is 0 Å². The molecule has 1 heterocycles. The average Bonchev–Trinajstić information content (AvgIpc) is 2.81. The standard InChI is InChI=1S/C16H21NO5/c1-10-14-11(18)6-5-7-12(14)22-15(10)16(21)17-9-4-2-3-8-13(19)20/h2-9H2,1H3,(H,17,21)(H,19,20). The van der Waals surface area contributed by atoms with Crippen molar-refractivity contribution in [3.8, 4) is 0 Å². The number of carbonyl (C=O) groups excluding carboxylic acids is 2. The number of hydrogen-bond acceptors (Lipinski definition) is 4. The lowest BCUT2D eigenvalue weighted by Gasteiger charge is -2.07. The number of furan rings is 1. The van der Waals surface area contributed by atoms with Gasteiger partial charge in [-0.1, -0.05) is 6.42 Å². The molecule has 0 saturated carbocycles. The van der Waals surface area contributed by atoms with Gasteiger partial charge >= 0.3 is 5.97 Å². The molecule has 1 aromatic rings. The van der Waals surface area contributed by atoms with Crippen LogP contribution in [0.4, 0.5) is 0 Å². The van der Waals surface area contributed by atoms with Crippen molar-refractivity contribution >= 4 is 17.7 Å². The molecule has 2 N–H and O–H groups in total. The largest absolute Gasteiger partial charge is 0.481 e. The number of ketones is 1. The number of unbranched alkanes of at least 4 members (excludes halogenated alkanes) is 2. The van der Waals surface area contributed by atoms with Gasteiger partial charge in [0, 0.05) is 31.4 Å². The molecule has 22 heavy (non-hydrogen) atoms. The highest BCUT2D eigenvalue weighted by Gasteiger charge is 2.28. The predicted octanol–water partition coefficient (Wildman–Crippen LogP) is 2.48. The number of nitrogens with one attached hydrogen (secondary N) is 1. The number of hydrogen-bond donors (Lipinski definition) is 2. The molecule has 1 aromatic heterocycles. The predicted molar refractivity (Wildman–Crippen MR) is 79.2 cm³/mol. The monoisotopic (exact) mass is 307 g/mol. The lowest BCUT2D eigenvalue weighted by molar-refractivity contribution is -0.137. The molecule has 6 heteroatoms. The third-order valence-corrected chi connectivity index (χ3v) is 3.87. The highest BCUT2D eigenvalue weighted by Crippen LogP contribution is 2.29. The number of amides is 1. The molecule has 0 spiro atoms. The van der Waals surface area contributed by atoms with Crippen LogP contribution in [0.5, 0.6) is 0 Å². The quantitative estimate of drug-likeness (QED) is 0.754. The van der Waals surface area contributed by atoms with Crippen LogP contribution in [-0.2, 0) is 11.2 Å². The Morgan fingerprint density at radius 3 is 2.68 bits per heavy atom. The summed E-state index contributed by atoms with van der Waals surface area (Å²) >= 11 is 0. The number of carboxylic acids is 1. The molecule has 0 saturated heterocycles. The lowest BCUT2D eigenvalue weighted by atomic mass is 9.94. The second kappa shape index (κ2) is 7.24. The summed E-state index contributed by atoms with van der Waals surface area (Å²) in [4.78, 5) is 34.4. The first-order valence-corrected chi connectivity index (χ1v) is 7.66. The summed E-state index contributed by atoms with van der Waals surface area (Å²) in [7, 11) is 0. The first-order valence-electron chi connectivity index (χ1n) is 7.66. The van der Waals surface area contributed by atoms with E-state index >= 15 is 0 Å². The fourth-order valence-corrected chi connectivity index (χ4v) is 2.73. The van der Waals surface area contributed by atoms with Gasteiger partial charge in [0.25, 0.3) is 5.91 Å². The Hall–Kier alpha value is -2.11. The number of fused-ring (bicyclic) bond motifs is 1. The number of carboxylic acid groups (broad SMARTS) is 1. The van der Waals surface area contributed by atoms with E-state index in [-0.39, 0.29) is 23.9 Å². The van der Waals surface area contributed by atoms with Crippen LogP contribution in [0.3, 0.4) is 0 Å². The maximum atomic E-state index is 12.1. The van der Waals surface area contributed by atoms with Crippen LogP contribution in [0, 0.1) is 6.92 Å². The maximum absolute atomic E-state index is 12.1. The van der Waals surface area contributed by atoms with Gasteiger partial charge in [-0.3, -0.25) is 14.4 Å². The molecule has 0 atom stereocenters.